The van der Waals surface area contributed by atoms with Crippen molar-refractivity contribution < 1.29 is 8.42 Å². The molecule has 1 saturated carbocycles. The van der Waals surface area contributed by atoms with Gasteiger partial charge in [0.25, 0.3) is 0 Å². The molecule has 1 aliphatic carbocycles. The van der Waals surface area contributed by atoms with Crippen LogP contribution >= 0.6 is 0 Å². The van der Waals surface area contributed by atoms with E-state index in [4.69, 9.17) is 0 Å². The number of nitrogens with one attached hydrogen (secondary N) is 1. The van der Waals surface area contributed by atoms with E-state index in [2.05, 4.69) is 19.2 Å². The molecule has 1 saturated heterocycles. The van der Waals surface area contributed by atoms with Gasteiger partial charge in [0.2, 0.25) is 10.0 Å². The summed E-state index contributed by atoms with van der Waals surface area (Å²) in [5.41, 5.74) is 0. The van der Waals surface area contributed by atoms with Crippen molar-refractivity contribution in [2.24, 2.45) is 11.8 Å². The van der Waals surface area contributed by atoms with Crippen molar-refractivity contribution in [3.8, 4) is 0 Å². The van der Waals surface area contributed by atoms with Crippen LogP contribution in [0.3, 0.4) is 0 Å². The maximum atomic E-state index is 12.1. The largest absolute Gasteiger partial charge is 0.311 e. The van der Waals surface area contributed by atoms with Gasteiger partial charge in [0, 0.05) is 25.2 Å². The first-order valence-corrected chi connectivity index (χ1v) is 10.3. The van der Waals surface area contributed by atoms with Crippen LogP contribution in [-0.4, -0.2) is 43.6 Å². The van der Waals surface area contributed by atoms with Gasteiger partial charge in [-0.05, 0) is 50.4 Å². The normalized spacial score (nSPS) is 33.2. The standard InChI is InChI=1S/C16H32N2O2S/c1-4-11-21(19,20)18-9-7-15(8-10-18)17-16-6-5-13(2)12-14(16)3/h13-17H,4-12H2,1-3H3. The number of hydrogen-bond donors (Lipinski definition) is 1. The van der Waals surface area contributed by atoms with Gasteiger partial charge in [-0.1, -0.05) is 20.8 Å². The fourth-order valence-electron chi connectivity index (χ4n) is 3.90. The fraction of sp³-hybridized carbons (Fsp3) is 1.00. The maximum absolute atomic E-state index is 12.1. The molecule has 1 heterocycles. The van der Waals surface area contributed by atoms with Crippen molar-refractivity contribution in [2.75, 3.05) is 18.8 Å². The molecule has 0 bridgehead atoms. The zero-order chi connectivity index (χ0) is 15.5. The van der Waals surface area contributed by atoms with Crippen molar-refractivity contribution in [3.63, 3.8) is 0 Å². The molecule has 124 valence electrons. The topological polar surface area (TPSA) is 49.4 Å². The Hall–Kier alpha value is -0.130. The molecule has 0 aromatic carbocycles. The molecule has 2 aliphatic rings. The van der Waals surface area contributed by atoms with Crippen LogP contribution in [0, 0.1) is 11.8 Å². The first-order valence-electron chi connectivity index (χ1n) is 8.66. The molecule has 3 atom stereocenters. The molecule has 1 aliphatic heterocycles. The summed E-state index contributed by atoms with van der Waals surface area (Å²) in [4.78, 5) is 0. The predicted octanol–water partition coefficient (Wildman–Crippen LogP) is 2.60. The number of rotatable bonds is 5. The van der Waals surface area contributed by atoms with Crippen LogP contribution < -0.4 is 5.32 Å². The minimum Gasteiger partial charge on any atom is -0.311 e. The van der Waals surface area contributed by atoms with E-state index in [1.165, 1.54) is 19.3 Å². The van der Waals surface area contributed by atoms with Gasteiger partial charge in [-0.2, -0.15) is 0 Å². The number of piperidine rings is 1. The van der Waals surface area contributed by atoms with Crippen molar-refractivity contribution >= 4 is 10.0 Å². The van der Waals surface area contributed by atoms with Crippen LogP contribution in [0.15, 0.2) is 0 Å². The van der Waals surface area contributed by atoms with Gasteiger partial charge in [-0.25, -0.2) is 12.7 Å². The molecule has 0 amide bonds. The van der Waals surface area contributed by atoms with Gasteiger partial charge in [0.15, 0.2) is 0 Å². The highest BCUT2D eigenvalue weighted by molar-refractivity contribution is 7.89. The molecule has 21 heavy (non-hydrogen) atoms. The van der Waals surface area contributed by atoms with Crippen LogP contribution in [0.25, 0.3) is 0 Å². The molecule has 4 nitrogen and oxygen atoms in total. The van der Waals surface area contributed by atoms with Crippen LogP contribution in [0.5, 0.6) is 0 Å². The van der Waals surface area contributed by atoms with Crippen LogP contribution in [0.4, 0.5) is 0 Å². The second-order valence-electron chi connectivity index (χ2n) is 7.16. The summed E-state index contributed by atoms with van der Waals surface area (Å²) in [6.07, 6.45) is 6.55. The summed E-state index contributed by atoms with van der Waals surface area (Å²) in [5.74, 6) is 1.90. The second-order valence-corrected chi connectivity index (χ2v) is 9.25. The summed E-state index contributed by atoms with van der Waals surface area (Å²) >= 11 is 0. The van der Waals surface area contributed by atoms with Crippen LogP contribution in [-0.2, 0) is 10.0 Å². The highest BCUT2D eigenvalue weighted by atomic mass is 32.2. The summed E-state index contributed by atoms with van der Waals surface area (Å²) in [6.45, 7) is 8.02. The lowest BCUT2D eigenvalue weighted by atomic mass is 9.79. The van der Waals surface area contributed by atoms with Gasteiger partial charge in [0.1, 0.15) is 0 Å². The van der Waals surface area contributed by atoms with Gasteiger partial charge >= 0.3 is 0 Å². The number of hydrogen-bond acceptors (Lipinski definition) is 3. The van der Waals surface area contributed by atoms with E-state index in [0.717, 1.165) is 24.7 Å². The third-order valence-electron chi connectivity index (χ3n) is 5.19. The van der Waals surface area contributed by atoms with Crippen LogP contribution in [0.2, 0.25) is 0 Å². The second kappa shape index (κ2) is 7.42. The van der Waals surface area contributed by atoms with Crippen molar-refractivity contribution in [1.29, 1.82) is 0 Å². The Morgan fingerprint density at radius 3 is 2.33 bits per heavy atom. The first kappa shape index (κ1) is 17.2. The average molecular weight is 317 g/mol. The molecule has 0 spiro atoms. The zero-order valence-electron chi connectivity index (χ0n) is 13.8. The van der Waals surface area contributed by atoms with E-state index in [1.807, 2.05) is 6.92 Å². The monoisotopic (exact) mass is 316 g/mol. The Morgan fingerprint density at radius 2 is 1.76 bits per heavy atom. The van der Waals surface area contributed by atoms with E-state index in [0.29, 0.717) is 37.3 Å². The molecule has 3 unspecified atom stereocenters. The van der Waals surface area contributed by atoms with Gasteiger partial charge in [0.05, 0.1) is 5.75 Å². The SMILES string of the molecule is CCCS(=O)(=O)N1CCC(NC2CCC(C)CC2C)CC1. The Labute approximate surface area is 130 Å². The van der Waals surface area contributed by atoms with Crippen molar-refractivity contribution in [2.45, 2.75) is 71.4 Å². The van der Waals surface area contributed by atoms with Crippen molar-refractivity contribution in [3.05, 3.63) is 0 Å². The highest BCUT2D eigenvalue weighted by Gasteiger charge is 2.31. The average Bonchev–Trinajstić information content (AvgIpc) is 2.42. The molecular formula is C16H32N2O2S. The van der Waals surface area contributed by atoms with E-state index in [1.54, 1.807) is 4.31 Å². The number of nitrogens with zero attached hydrogens (tertiary/aromatic N) is 1. The number of sulfonamides is 1. The summed E-state index contributed by atoms with van der Waals surface area (Å²) < 4.78 is 25.8. The molecule has 2 fully saturated rings. The molecular weight excluding hydrogens is 284 g/mol. The Bertz CT molecular complexity index is 416. The zero-order valence-corrected chi connectivity index (χ0v) is 14.7. The Kier molecular flexibility index (Phi) is 6.09. The van der Waals surface area contributed by atoms with Gasteiger partial charge in [-0.3, -0.25) is 0 Å². The third kappa shape index (κ3) is 4.67. The van der Waals surface area contributed by atoms with Crippen molar-refractivity contribution in [1.82, 2.24) is 9.62 Å². The van der Waals surface area contributed by atoms with Crippen LogP contribution in [0.1, 0.15) is 59.3 Å². The van der Waals surface area contributed by atoms with E-state index >= 15 is 0 Å². The lowest BCUT2D eigenvalue weighted by Gasteiger charge is -2.38. The molecule has 5 heteroatoms. The summed E-state index contributed by atoms with van der Waals surface area (Å²) in [6, 6.07) is 1.13. The fourth-order valence-corrected chi connectivity index (χ4v) is 5.44. The third-order valence-corrected chi connectivity index (χ3v) is 7.27. The lowest BCUT2D eigenvalue weighted by molar-refractivity contribution is 0.189. The van der Waals surface area contributed by atoms with E-state index in [9.17, 15) is 8.42 Å². The highest BCUT2D eigenvalue weighted by Crippen LogP contribution is 2.29. The quantitative estimate of drug-likeness (QED) is 0.848. The lowest BCUT2D eigenvalue weighted by Crippen LogP contribution is -2.50. The first-order chi connectivity index (χ1) is 9.92. The smallest absolute Gasteiger partial charge is 0.214 e. The molecule has 1 N–H and O–H groups in total. The van der Waals surface area contributed by atoms with E-state index < -0.39 is 10.0 Å². The molecule has 2 rings (SSSR count). The molecule has 0 aromatic heterocycles. The summed E-state index contributed by atoms with van der Waals surface area (Å²) in [7, 11) is -3.00. The molecule has 0 radical (unpaired) electrons. The van der Waals surface area contributed by atoms with Gasteiger partial charge < -0.3 is 5.32 Å². The minimum atomic E-state index is -3.00. The Balaban J connectivity index is 1.79. The molecule has 0 aromatic rings. The maximum Gasteiger partial charge on any atom is 0.214 e. The summed E-state index contributed by atoms with van der Waals surface area (Å²) in [5, 5.41) is 3.81. The Morgan fingerprint density at radius 1 is 1.10 bits per heavy atom. The predicted molar refractivity (Wildman–Crippen MR) is 87.8 cm³/mol. The van der Waals surface area contributed by atoms with E-state index in [-0.39, 0.29) is 0 Å². The van der Waals surface area contributed by atoms with Gasteiger partial charge in [-0.15, -0.1) is 0 Å². The minimum absolute atomic E-state index is 0.294.